The summed E-state index contributed by atoms with van der Waals surface area (Å²) < 4.78 is 5.87. The smallest absolute Gasteiger partial charge is 0.330 e. The predicted octanol–water partition coefficient (Wildman–Crippen LogP) is 11.9. The van der Waals surface area contributed by atoms with Gasteiger partial charge in [-0.25, -0.2) is 4.79 Å². The second-order valence-corrected chi connectivity index (χ2v) is 12.1. The van der Waals surface area contributed by atoms with Gasteiger partial charge in [-0.2, -0.15) is 0 Å². The fourth-order valence-corrected chi connectivity index (χ4v) is 5.43. The van der Waals surface area contributed by atoms with Crippen LogP contribution < -0.4 is 0 Å². The van der Waals surface area contributed by atoms with E-state index in [4.69, 9.17) is 9.84 Å². The molecule has 4 nitrogen and oxygen atoms in total. The number of hydrogen-bond acceptors (Lipinski definition) is 3. The Bertz CT molecular complexity index is 571. The molecule has 236 valence electrons. The van der Waals surface area contributed by atoms with E-state index in [-0.39, 0.29) is 18.5 Å². The van der Waals surface area contributed by atoms with Crippen molar-refractivity contribution in [3.63, 3.8) is 0 Å². The van der Waals surface area contributed by atoms with Gasteiger partial charge in [-0.1, -0.05) is 155 Å². The molecule has 0 aromatic heterocycles. The fourth-order valence-electron chi connectivity index (χ4n) is 5.43. The SMILES string of the molecule is CCCCCCCCCCCCCCC/C=C\C(=O)OC(CCCCCCCCC)CCCCCCCC(=O)O. The van der Waals surface area contributed by atoms with Gasteiger partial charge in [0.2, 0.25) is 0 Å². The van der Waals surface area contributed by atoms with Gasteiger partial charge in [0, 0.05) is 12.5 Å². The number of esters is 1. The molecule has 0 fully saturated rings. The number of carboxylic acid groups (broad SMARTS) is 1. The molecular weight excluding hydrogens is 496 g/mol. The van der Waals surface area contributed by atoms with E-state index in [0.717, 1.165) is 64.2 Å². The molecule has 40 heavy (non-hydrogen) atoms. The van der Waals surface area contributed by atoms with E-state index in [1.807, 2.05) is 6.08 Å². The first-order valence-electron chi connectivity index (χ1n) is 17.7. The van der Waals surface area contributed by atoms with Crippen molar-refractivity contribution < 1.29 is 19.4 Å². The molecule has 0 bridgehead atoms. The van der Waals surface area contributed by atoms with E-state index < -0.39 is 5.97 Å². The number of hydrogen-bond donors (Lipinski definition) is 1. The zero-order valence-corrected chi connectivity index (χ0v) is 26.9. The van der Waals surface area contributed by atoms with Crippen LogP contribution in [-0.2, 0) is 14.3 Å². The van der Waals surface area contributed by atoms with Gasteiger partial charge in [0.1, 0.15) is 6.10 Å². The number of unbranched alkanes of at least 4 members (excludes halogenated alkanes) is 23. The molecule has 1 unspecified atom stereocenters. The van der Waals surface area contributed by atoms with E-state index in [1.165, 1.54) is 116 Å². The summed E-state index contributed by atoms with van der Waals surface area (Å²) in [6, 6.07) is 0. The van der Waals surface area contributed by atoms with Crippen molar-refractivity contribution in [1.82, 2.24) is 0 Å². The maximum atomic E-state index is 12.5. The van der Waals surface area contributed by atoms with Crippen LogP contribution in [0.2, 0.25) is 0 Å². The molecular formula is C36H68O4. The lowest BCUT2D eigenvalue weighted by molar-refractivity contribution is -0.143. The summed E-state index contributed by atoms with van der Waals surface area (Å²) in [7, 11) is 0. The first kappa shape index (κ1) is 38.7. The largest absolute Gasteiger partial charge is 0.481 e. The fraction of sp³-hybridized carbons (Fsp3) is 0.889. The van der Waals surface area contributed by atoms with Gasteiger partial charge in [0.15, 0.2) is 0 Å². The van der Waals surface area contributed by atoms with Crippen LogP contribution in [0.4, 0.5) is 0 Å². The van der Waals surface area contributed by atoms with E-state index in [0.29, 0.717) is 0 Å². The van der Waals surface area contributed by atoms with Crippen molar-refractivity contribution in [1.29, 1.82) is 0 Å². The number of carbonyl (C=O) groups excluding carboxylic acids is 1. The molecule has 4 heteroatoms. The molecule has 0 saturated carbocycles. The van der Waals surface area contributed by atoms with Crippen LogP contribution in [-0.4, -0.2) is 23.1 Å². The highest BCUT2D eigenvalue weighted by Gasteiger charge is 2.12. The standard InChI is InChI=1S/C36H68O4/c1-3-5-7-9-11-12-13-14-15-16-17-18-20-25-29-33-36(39)40-34(30-26-22-19-10-8-6-4-2)31-27-23-21-24-28-32-35(37)38/h29,33-34H,3-28,30-32H2,1-2H3,(H,37,38)/b33-29-. The Labute approximate surface area is 249 Å². The summed E-state index contributed by atoms with van der Waals surface area (Å²) >= 11 is 0. The minimum Gasteiger partial charge on any atom is -0.481 e. The minimum atomic E-state index is -0.705. The number of rotatable bonds is 32. The number of carbonyl (C=O) groups is 2. The summed E-state index contributed by atoms with van der Waals surface area (Å²) in [5.41, 5.74) is 0. The molecule has 0 radical (unpaired) electrons. The van der Waals surface area contributed by atoms with Crippen LogP contribution in [0.1, 0.15) is 200 Å². The van der Waals surface area contributed by atoms with Crippen molar-refractivity contribution in [3.05, 3.63) is 12.2 Å². The Hall–Kier alpha value is -1.32. The van der Waals surface area contributed by atoms with Crippen molar-refractivity contribution in [2.75, 3.05) is 0 Å². The minimum absolute atomic E-state index is 0.0168. The molecule has 1 N–H and O–H groups in total. The average molecular weight is 565 g/mol. The Balaban J connectivity index is 3.99. The normalized spacial score (nSPS) is 12.2. The third-order valence-corrected chi connectivity index (χ3v) is 8.06. The van der Waals surface area contributed by atoms with Crippen molar-refractivity contribution >= 4 is 11.9 Å². The van der Waals surface area contributed by atoms with Crippen molar-refractivity contribution in [3.8, 4) is 0 Å². The zero-order chi connectivity index (χ0) is 29.4. The highest BCUT2D eigenvalue weighted by atomic mass is 16.5. The molecule has 0 aliphatic rings. The molecule has 0 aliphatic carbocycles. The lowest BCUT2D eigenvalue weighted by Gasteiger charge is -2.17. The van der Waals surface area contributed by atoms with Crippen LogP contribution in [0.25, 0.3) is 0 Å². The van der Waals surface area contributed by atoms with Crippen LogP contribution in [0.3, 0.4) is 0 Å². The van der Waals surface area contributed by atoms with Gasteiger partial charge >= 0.3 is 11.9 Å². The number of allylic oxidation sites excluding steroid dienone is 1. The molecule has 0 aliphatic heterocycles. The molecule has 0 aromatic carbocycles. The summed E-state index contributed by atoms with van der Waals surface area (Å²) in [5.74, 6) is -0.882. The number of aliphatic carboxylic acids is 1. The Kier molecular flexibility index (Phi) is 31.1. The van der Waals surface area contributed by atoms with Crippen molar-refractivity contribution in [2.24, 2.45) is 0 Å². The summed E-state index contributed by atoms with van der Waals surface area (Å²) in [6.45, 7) is 4.53. The van der Waals surface area contributed by atoms with E-state index in [2.05, 4.69) is 13.8 Å². The maximum Gasteiger partial charge on any atom is 0.330 e. The predicted molar refractivity (Wildman–Crippen MR) is 172 cm³/mol. The molecule has 0 spiro atoms. The second-order valence-electron chi connectivity index (χ2n) is 12.1. The highest BCUT2D eigenvalue weighted by molar-refractivity contribution is 5.82. The number of ether oxygens (including phenoxy) is 1. The van der Waals surface area contributed by atoms with Gasteiger partial charge in [-0.05, 0) is 44.9 Å². The third-order valence-electron chi connectivity index (χ3n) is 8.06. The molecule has 0 rings (SSSR count). The summed E-state index contributed by atoms with van der Waals surface area (Å²) in [4.78, 5) is 23.1. The highest BCUT2D eigenvalue weighted by Crippen LogP contribution is 2.18. The summed E-state index contributed by atoms with van der Waals surface area (Å²) in [6.07, 6.45) is 38.3. The van der Waals surface area contributed by atoms with Crippen LogP contribution >= 0.6 is 0 Å². The monoisotopic (exact) mass is 565 g/mol. The van der Waals surface area contributed by atoms with Crippen LogP contribution in [0.15, 0.2) is 12.2 Å². The van der Waals surface area contributed by atoms with Crippen LogP contribution in [0, 0.1) is 0 Å². The molecule has 0 saturated heterocycles. The van der Waals surface area contributed by atoms with Crippen LogP contribution in [0.5, 0.6) is 0 Å². The van der Waals surface area contributed by atoms with Gasteiger partial charge in [-0.15, -0.1) is 0 Å². The average Bonchev–Trinajstić information content (AvgIpc) is 2.93. The number of carboxylic acids is 1. The Morgan fingerprint density at radius 2 is 0.925 bits per heavy atom. The van der Waals surface area contributed by atoms with Gasteiger partial charge < -0.3 is 9.84 Å². The zero-order valence-electron chi connectivity index (χ0n) is 26.9. The third kappa shape index (κ3) is 31.2. The van der Waals surface area contributed by atoms with Gasteiger partial charge in [0.25, 0.3) is 0 Å². The Morgan fingerprint density at radius 3 is 1.35 bits per heavy atom. The molecule has 0 amide bonds. The molecule has 0 aromatic rings. The first-order valence-corrected chi connectivity index (χ1v) is 17.7. The van der Waals surface area contributed by atoms with E-state index in [1.54, 1.807) is 6.08 Å². The second kappa shape index (κ2) is 32.2. The maximum absolute atomic E-state index is 12.5. The molecule has 1 atom stereocenters. The summed E-state index contributed by atoms with van der Waals surface area (Å²) in [5, 5.41) is 8.77. The first-order chi connectivity index (χ1) is 19.6. The molecule has 0 heterocycles. The lowest BCUT2D eigenvalue weighted by Crippen LogP contribution is -2.17. The van der Waals surface area contributed by atoms with E-state index >= 15 is 0 Å². The van der Waals surface area contributed by atoms with Crippen molar-refractivity contribution in [2.45, 2.75) is 206 Å². The lowest BCUT2D eigenvalue weighted by atomic mass is 10.0. The Morgan fingerprint density at radius 1 is 0.550 bits per heavy atom. The topological polar surface area (TPSA) is 63.6 Å². The van der Waals surface area contributed by atoms with Gasteiger partial charge in [0.05, 0.1) is 0 Å². The quantitative estimate of drug-likeness (QED) is 0.0501. The van der Waals surface area contributed by atoms with Gasteiger partial charge in [-0.3, -0.25) is 4.79 Å². The van der Waals surface area contributed by atoms with E-state index in [9.17, 15) is 9.59 Å².